The fourth-order valence-corrected chi connectivity index (χ4v) is 4.44. The highest BCUT2D eigenvalue weighted by Crippen LogP contribution is 2.41. The van der Waals surface area contributed by atoms with Crippen LogP contribution in [0.3, 0.4) is 0 Å². The molecule has 1 atom stereocenters. The third kappa shape index (κ3) is 4.47. The van der Waals surface area contributed by atoms with Gasteiger partial charge in [-0.1, -0.05) is 81.4 Å². The van der Waals surface area contributed by atoms with E-state index in [1.54, 1.807) is 0 Å². The Balaban J connectivity index is 1.75. The number of allylic oxidation sites excluding steroid dienone is 1. The van der Waals surface area contributed by atoms with Crippen LogP contribution in [0.2, 0.25) is 0 Å². The highest BCUT2D eigenvalue weighted by Gasteiger charge is 2.32. The lowest BCUT2D eigenvalue weighted by Gasteiger charge is -2.36. The van der Waals surface area contributed by atoms with Crippen LogP contribution in [-0.2, 0) is 0 Å². The molecule has 1 N–H and O–H groups in total. The Hall–Kier alpha value is -3.33. The van der Waals surface area contributed by atoms with Crippen LogP contribution in [0.4, 0.5) is 0 Å². The van der Waals surface area contributed by atoms with Gasteiger partial charge in [0.05, 0.1) is 17.4 Å². The number of rotatable bonds is 8. The van der Waals surface area contributed by atoms with E-state index < -0.39 is 0 Å². The zero-order valence-corrected chi connectivity index (χ0v) is 19.6. The third-order valence-corrected chi connectivity index (χ3v) is 6.34. The average molecular weight is 424 g/mol. The van der Waals surface area contributed by atoms with Gasteiger partial charge in [0.2, 0.25) is 0 Å². The van der Waals surface area contributed by atoms with Crippen molar-refractivity contribution in [2.24, 2.45) is 5.41 Å². The SMILES string of the molecule is C=C(CC)NCC(C)(C)C(c1ccccc1)c1ccc2c(cnn2-c2ccc(C)cc2)c1. The second-order valence-electron chi connectivity index (χ2n) is 9.35. The summed E-state index contributed by atoms with van der Waals surface area (Å²) in [5.41, 5.74) is 7.16. The summed E-state index contributed by atoms with van der Waals surface area (Å²) in [6.07, 6.45) is 2.92. The third-order valence-electron chi connectivity index (χ3n) is 6.34. The first-order chi connectivity index (χ1) is 15.4. The first kappa shape index (κ1) is 21.9. The maximum atomic E-state index is 4.69. The molecule has 0 saturated heterocycles. The van der Waals surface area contributed by atoms with E-state index in [0.717, 1.165) is 35.3 Å². The zero-order valence-electron chi connectivity index (χ0n) is 19.6. The molecule has 32 heavy (non-hydrogen) atoms. The number of hydrogen-bond donors (Lipinski definition) is 1. The molecule has 0 saturated carbocycles. The van der Waals surface area contributed by atoms with Crippen LogP contribution in [-0.4, -0.2) is 16.3 Å². The summed E-state index contributed by atoms with van der Waals surface area (Å²) in [5, 5.41) is 9.40. The van der Waals surface area contributed by atoms with Crippen molar-refractivity contribution in [1.29, 1.82) is 0 Å². The van der Waals surface area contributed by atoms with Crippen molar-refractivity contribution in [1.82, 2.24) is 15.1 Å². The minimum atomic E-state index is -0.0138. The number of aryl methyl sites for hydroxylation is 1. The highest BCUT2D eigenvalue weighted by atomic mass is 15.3. The minimum Gasteiger partial charge on any atom is -0.388 e. The molecule has 3 nitrogen and oxygen atoms in total. The van der Waals surface area contributed by atoms with Crippen LogP contribution in [0.15, 0.2) is 91.3 Å². The molecule has 164 valence electrons. The molecule has 1 heterocycles. The van der Waals surface area contributed by atoms with Gasteiger partial charge in [-0.2, -0.15) is 5.10 Å². The normalized spacial score (nSPS) is 12.6. The second kappa shape index (κ2) is 9.04. The summed E-state index contributed by atoms with van der Waals surface area (Å²) >= 11 is 0. The van der Waals surface area contributed by atoms with Crippen molar-refractivity contribution in [2.75, 3.05) is 6.54 Å². The molecule has 0 bridgehead atoms. The molecule has 1 unspecified atom stereocenters. The second-order valence-corrected chi connectivity index (χ2v) is 9.35. The van der Waals surface area contributed by atoms with Gasteiger partial charge in [0.25, 0.3) is 0 Å². The molecule has 4 aromatic rings. The van der Waals surface area contributed by atoms with Gasteiger partial charge in [-0.05, 0) is 54.2 Å². The average Bonchev–Trinajstić information content (AvgIpc) is 3.22. The predicted octanol–water partition coefficient (Wildman–Crippen LogP) is 7.01. The molecule has 1 aromatic heterocycles. The Morgan fingerprint density at radius 3 is 2.41 bits per heavy atom. The van der Waals surface area contributed by atoms with Crippen LogP contribution in [0, 0.1) is 12.3 Å². The Labute approximate surface area is 191 Å². The van der Waals surface area contributed by atoms with E-state index >= 15 is 0 Å². The molecule has 0 aliphatic rings. The van der Waals surface area contributed by atoms with E-state index in [1.807, 2.05) is 10.9 Å². The van der Waals surface area contributed by atoms with Crippen molar-refractivity contribution < 1.29 is 0 Å². The number of aromatic nitrogens is 2. The fourth-order valence-electron chi connectivity index (χ4n) is 4.44. The number of nitrogens with one attached hydrogen (secondary N) is 1. The summed E-state index contributed by atoms with van der Waals surface area (Å²) < 4.78 is 2.02. The van der Waals surface area contributed by atoms with E-state index in [0.29, 0.717) is 0 Å². The summed E-state index contributed by atoms with van der Waals surface area (Å²) in [5.74, 6) is 0.244. The lowest BCUT2D eigenvalue weighted by molar-refractivity contribution is 0.308. The number of nitrogens with zero attached hydrogens (tertiary/aromatic N) is 2. The van der Waals surface area contributed by atoms with Gasteiger partial charge in [0.15, 0.2) is 0 Å². The molecule has 0 spiro atoms. The van der Waals surface area contributed by atoms with Crippen LogP contribution in [0.5, 0.6) is 0 Å². The Kier molecular flexibility index (Phi) is 6.18. The minimum absolute atomic E-state index is 0.0138. The molecule has 0 radical (unpaired) electrons. The van der Waals surface area contributed by atoms with Gasteiger partial charge in [-0.15, -0.1) is 0 Å². The van der Waals surface area contributed by atoms with Gasteiger partial charge in [-0.25, -0.2) is 4.68 Å². The summed E-state index contributed by atoms with van der Waals surface area (Å²) in [7, 11) is 0. The first-order valence-electron chi connectivity index (χ1n) is 11.4. The summed E-state index contributed by atoms with van der Waals surface area (Å²) in [4.78, 5) is 0. The lowest BCUT2D eigenvalue weighted by atomic mass is 9.71. The van der Waals surface area contributed by atoms with Gasteiger partial charge in [0.1, 0.15) is 0 Å². The molecule has 0 fully saturated rings. The van der Waals surface area contributed by atoms with E-state index in [9.17, 15) is 0 Å². The molecule has 3 heteroatoms. The largest absolute Gasteiger partial charge is 0.388 e. The van der Waals surface area contributed by atoms with E-state index in [1.165, 1.54) is 16.7 Å². The molecular weight excluding hydrogens is 390 g/mol. The summed E-state index contributed by atoms with van der Waals surface area (Å²) in [6, 6.07) is 26.1. The standard InChI is InChI=1S/C29H33N3/c1-6-22(3)30-20-29(4,5)28(23-10-8-7-9-11-23)24-14-17-27-25(18-24)19-31-32(27)26-15-12-21(2)13-16-26/h7-19,28,30H,3,6,20H2,1-2,4-5H3. The Bertz CT molecular complexity index is 1200. The molecule has 0 amide bonds. The van der Waals surface area contributed by atoms with Crippen molar-refractivity contribution in [3.05, 3.63) is 108 Å². The smallest absolute Gasteiger partial charge is 0.0741 e. The highest BCUT2D eigenvalue weighted by molar-refractivity contribution is 5.81. The van der Waals surface area contributed by atoms with Crippen molar-refractivity contribution in [3.63, 3.8) is 0 Å². The zero-order chi connectivity index (χ0) is 22.7. The van der Waals surface area contributed by atoms with Gasteiger partial charge < -0.3 is 5.32 Å². The Morgan fingerprint density at radius 2 is 1.72 bits per heavy atom. The number of fused-ring (bicyclic) bond motifs is 1. The quantitative estimate of drug-likeness (QED) is 0.330. The molecule has 3 aromatic carbocycles. The van der Waals surface area contributed by atoms with Crippen LogP contribution in [0.25, 0.3) is 16.6 Å². The van der Waals surface area contributed by atoms with Crippen molar-refractivity contribution in [3.8, 4) is 5.69 Å². The first-order valence-corrected chi connectivity index (χ1v) is 11.4. The molecular formula is C29H33N3. The van der Waals surface area contributed by atoms with Gasteiger partial charge >= 0.3 is 0 Å². The van der Waals surface area contributed by atoms with Crippen LogP contribution >= 0.6 is 0 Å². The van der Waals surface area contributed by atoms with E-state index in [-0.39, 0.29) is 11.3 Å². The van der Waals surface area contributed by atoms with E-state index in [2.05, 4.69) is 112 Å². The molecule has 0 aliphatic heterocycles. The molecule has 4 rings (SSSR count). The van der Waals surface area contributed by atoms with Gasteiger partial charge in [0, 0.05) is 23.5 Å². The lowest BCUT2D eigenvalue weighted by Crippen LogP contribution is -2.34. The number of hydrogen-bond acceptors (Lipinski definition) is 2. The van der Waals surface area contributed by atoms with Crippen molar-refractivity contribution >= 4 is 10.9 Å². The van der Waals surface area contributed by atoms with Crippen molar-refractivity contribution in [2.45, 2.75) is 40.0 Å². The van der Waals surface area contributed by atoms with Crippen LogP contribution in [0.1, 0.15) is 49.8 Å². The Morgan fingerprint density at radius 1 is 1.00 bits per heavy atom. The summed E-state index contributed by atoms with van der Waals surface area (Å²) in [6.45, 7) is 13.9. The fraction of sp³-hybridized carbons (Fsp3) is 0.276. The van der Waals surface area contributed by atoms with Gasteiger partial charge in [-0.3, -0.25) is 0 Å². The monoisotopic (exact) mass is 423 g/mol. The predicted molar refractivity (Wildman–Crippen MR) is 135 cm³/mol. The number of benzene rings is 3. The topological polar surface area (TPSA) is 29.9 Å². The maximum Gasteiger partial charge on any atom is 0.0741 e. The van der Waals surface area contributed by atoms with E-state index in [4.69, 9.17) is 5.10 Å². The molecule has 0 aliphatic carbocycles. The van der Waals surface area contributed by atoms with Crippen LogP contribution < -0.4 is 5.32 Å². The maximum absolute atomic E-state index is 4.69.